The zero-order valence-electron chi connectivity index (χ0n) is 21.6. The lowest BCUT2D eigenvalue weighted by Gasteiger charge is -2.28. The van der Waals surface area contributed by atoms with Crippen LogP contribution in [0.1, 0.15) is 33.4 Å². The van der Waals surface area contributed by atoms with Gasteiger partial charge in [-0.05, 0) is 43.2 Å². The first kappa shape index (κ1) is 32.0. The Bertz CT molecular complexity index is 1330. The number of hydrogen-bond acceptors (Lipinski definition) is 3. The van der Waals surface area contributed by atoms with Gasteiger partial charge in [-0.15, -0.1) is 0 Å². The fourth-order valence-electron chi connectivity index (χ4n) is 4.12. The molecule has 0 saturated heterocycles. The van der Waals surface area contributed by atoms with Crippen molar-refractivity contribution in [3.05, 3.63) is 94.0 Å². The molecular formula is C28H25F10NO2. The number of alkyl halides is 10. The van der Waals surface area contributed by atoms with Crippen LogP contribution in [0.2, 0.25) is 0 Å². The largest absolute Gasteiger partial charge is 0.489 e. The molecule has 0 aliphatic carbocycles. The number of aliphatic hydroxyl groups excluding tert-OH is 1. The third-order valence-electron chi connectivity index (χ3n) is 6.09. The molecule has 1 atom stereocenters. The van der Waals surface area contributed by atoms with Crippen molar-refractivity contribution in [1.82, 2.24) is 0 Å². The number of ether oxygens (including phenoxy) is 1. The minimum Gasteiger partial charge on any atom is -0.489 e. The molecular weight excluding hydrogens is 572 g/mol. The van der Waals surface area contributed by atoms with Gasteiger partial charge < -0.3 is 15.2 Å². The van der Waals surface area contributed by atoms with Crippen LogP contribution in [0, 0.1) is 13.8 Å². The summed E-state index contributed by atoms with van der Waals surface area (Å²) < 4.78 is 139. The number of hydrogen-bond donors (Lipinski definition) is 2. The van der Waals surface area contributed by atoms with E-state index in [1.807, 2.05) is 32.0 Å². The first-order valence-electron chi connectivity index (χ1n) is 12.0. The molecule has 0 fully saturated rings. The third-order valence-corrected chi connectivity index (χ3v) is 6.09. The molecule has 41 heavy (non-hydrogen) atoms. The summed E-state index contributed by atoms with van der Waals surface area (Å²) in [5, 5.41) is 11.8. The first-order chi connectivity index (χ1) is 18.8. The fraction of sp³-hybridized carbons (Fsp3) is 0.357. The maximum atomic E-state index is 14.4. The van der Waals surface area contributed by atoms with E-state index in [1.165, 1.54) is 24.3 Å². The summed E-state index contributed by atoms with van der Waals surface area (Å²) in [6.45, 7) is 2.69. The van der Waals surface area contributed by atoms with Crippen molar-refractivity contribution in [2.45, 2.75) is 57.2 Å². The molecule has 0 spiro atoms. The predicted octanol–water partition coefficient (Wildman–Crippen LogP) is 8.10. The van der Waals surface area contributed by atoms with E-state index in [4.69, 9.17) is 4.74 Å². The summed E-state index contributed by atoms with van der Waals surface area (Å²) in [6.07, 6.45) is -14.7. The predicted molar refractivity (Wildman–Crippen MR) is 131 cm³/mol. The van der Waals surface area contributed by atoms with Crippen molar-refractivity contribution < 1.29 is 53.7 Å². The van der Waals surface area contributed by atoms with E-state index in [0.29, 0.717) is 12.1 Å². The SMILES string of the molecule is Cc1cc(C)cc(COc2cccc(NC[C@@H](O)C(F)(F)F)c2Cc2cccc(C(F)(F)C(F)(F)C(F)(F)F)c2)c1. The number of rotatable bonds is 10. The van der Waals surface area contributed by atoms with E-state index in [-0.39, 0.29) is 29.2 Å². The van der Waals surface area contributed by atoms with Crippen LogP contribution in [0.25, 0.3) is 0 Å². The zero-order chi connectivity index (χ0) is 30.8. The van der Waals surface area contributed by atoms with E-state index in [0.717, 1.165) is 22.8 Å². The van der Waals surface area contributed by atoms with Gasteiger partial charge in [-0.25, -0.2) is 0 Å². The minimum absolute atomic E-state index is 0.0102. The average Bonchev–Trinajstić information content (AvgIpc) is 2.85. The van der Waals surface area contributed by atoms with Crippen LogP contribution in [0.5, 0.6) is 5.75 Å². The van der Waals surface area contributed by atoms with Gasteiger partial charge in [-0.2, -0.15) is 43.9 Å². The number of aryl methyl sites for hydroxylation is 2. The van der Waals surface area contributed by atoms with Gasteiger partial charge >= 0.3 is 24.2 Å². The Labute approximate surface area is 228 Å². The summed E-state index contributed by atoms with van der Waals surface area (Å²) >= 11 is 0. The monoisotopic (exact) mass is 597 g/mol. The molecule has 3 aromatic rings. The molecule has 0 saturated carbocycles. The maximum absolute atomic E-state index is 14.4. The van der Waals surface area contributed by atoms with E-state index < -0.39 is 48.8 Å². The van der Waals surface area contributed by atoms with Crippen LogP contribution in [-0.4, -0.2) is 36.0 Å². The van der Waals surface area contributed by atoms with E-state index in [1.54, 1.807) is 0 Å². The Balaban J connectivity index is 2.00. The van der Waals surface area contributed by atoms with Crippen LogP contribution in [0.4, 0.5) is 49.6 Å². The highest BCUT2D eigenvalue weighted by molar-refractivity contribution is 5.59. The molecule has 0 unspecified atom stereocenters. The highest BCUT2D eigenvalue weighted by Gasteiger charge is 2.73. The highest BCUT2D eigenvalue weighted by Crippen LogP contribution is 2.52. The number of halogens is 10. The van der Waals surface area contributed by atoms with Gasteiger partial charge in [-0.1, -0.05) is 53.6 Å². The highest BCUT2D eigenvalue weighted by atomic mass is 19.4. The van der Waals surface area contributed by atoms with Gasteiger partial charge in [0.1, 0.15) is 12.4 Å². The summed E-state index contributed by atoms with van der Waals surface area (Å²) in [5.74, 6) is -11.9. The third kappa shape index (κ3) is 7.43. The van der Waals surface area contributed by atoms with Crippen molar-refractivity contribution in [3.8, 4) is 5.75 Å². The number of benzene rings is 3. The first-order valence-corrected chi connectivity index (χ1v) is 12.0. The van der Waals surface area contributed by atoms with Crippen molar-refractivity contribution in [3.63, 3.8) is 0 Å². The minimum atomic E-state index is -6.53. The van der Waals surface area contributed by atoms with E-state index in [2.05, 4.69) is 5.32 Å². The Hall–Kier alpha value is -3.48. The second kappa shape index (κ2) is 11.8. The summed E-state index contributed by atoms with van der Waals surface area (Å²) in [6, 6.07) is 12.7. The molecule has 0 heterocycles. The lowest BCUT2D eigenvalue weighted by molar-refractivity contribution is -0.359. The van der Waals surface area contributed by atoms with Gasteiger partial charge in [0.15, 0.2) is 6.10 Å². The van der Waals surface area contributed by atoms with Crippen LogP contribution < -0.4 is 10.1 Å². The molecule has 224 valence electrons. The van der Waals surface area contributed by atoms with Crippen LogP contribution in [0.3, 0.4) is 0 Å². The van der Waals surface area contributed by atoms with Gasteiger partial charge in [0, 0.05) is 29.8 Å². The lowest BCUT2D eigenvalue weighted by Crippen LogP contribution is -2.50. The molecule has 3 aromatic carbocycles. The lowest BCUT2D eigenvalue weighted by atomic mass is 9.96. The zero-order valence-corrected chi connectivity index (χ0v) is 21.6. The van der Waals surface area contributed by atoms with Gasteiger partial charge in [0.25, 0.3) is 0 Å². The number of anilines is 1. The normalized spacial score (nSPS) is 13.7. The average molecular weight is 597 g/mol. The van der Waals surface area contributed by atoms with Crippen molar-refractivity contribution in [2.24, 2.45) is 0 Å². The Kier molecular flexibility index (Phi) is 9.21. The molecule has 13 heteroatoms. The number of aliphatic hydroxyl groups is 1. The summed E-state index contributed by atoms with van der Waals surface area (Å²) in [4.78, 5) is 0. The molecule has 3 rings (SSSR count). The molecule has 0 amide bonds. The van der Waals surface area contributed by atoms with Gasteiger partial charge in [0.05, 0.1) is 0 Å². The Morgan fingerprint density at radius 3 is 1.98 bits per heavy atom. The molecule has 0 aromatic heterocycles. The van der Waals surface area contributed by atoms with Gasteiger partial charge in [-0.3, -0.25) is 0 Å². The maximum Gasteiger partial charge on any atom is 0.460 e. The molecule has 2 N–H and O–H groups in total. The summed E-state index contributed by atoms with van der Waals surface area (Å²) in [7, 11) is 0. The molecule has 0 aliphatic rings. The molecule has 3 nitrogen and oxygen atoms in total. The molecule has 0 aliphatic heterocycles. The second-order valence-corrected chi connectivity index (χ2v) is 9.53. The van der Waals surface area contributed by atoms with E-state index in [9.17, 15) is 49.0 Å². The topological polar surface area (TPSA) is 41.5 Å². The fourth-order valence-corrected chi connectivity index (χ4v) is 4.12. The second-order valence-electron chi connectivity index (χ2n) is 9.53. The Morgan fingerprint density at radius 2 is 1.39 bits per heavy atom. The van der Waals surface area contributed by atoms with Crippen LogP contribution in [0.15, 0.2) is 60.7 Å². The van der Waals surface area contributed by atoms with Crippen molar-refractivity contribution in [2.75, 3.05) is 11.9 Å². The molecule has 0 radical (unpaired) electrons. The summed E-state index contributed by atoms with van der Waals surface area (Å²) in [5.41, 5.74) is 0.908. The van der Waals surface area contributed by atoms with E-state index >= 15 is 0 Å². The van der Waals surface area contributed by atoms with Crippen molar-refractivity contribution in [1.29, 1.82) is 0 Å². The van der Waals surface area contributed by atoms with Crippen LogP contribution in [-0.2, 0) is 19.0 Å². The quantitative estimate of drug-likeness (QED) is 0.232. The standard InChI is InChI=1S/C28H25F10NO2/c1-16-9-17(2)11-19(10-16)15-41-23-8-4-7-22(39-14-24(40)26(31,32)33)21(23)13-18-5-3-6-20(12-18)25(29,30)27(34,35)28(36,37)38/h3-12,24,39-40H,13-15H2,1-2H3/t24-/m1/s1. The molecule has 0 bridgehead atoms. The van der Waals surface area contributed by atoms with Crippen molar-refractivity contribution >= 4 is 5.69 Å². The smallest absolute Gasteiger partial charge is 0.460 e. The number of nitrogens with one attached hydrogen (secondary N) is 1. The van der Waals surface area contributed by atoms with Gasteiger partial charge in [0.2, 0.25) is 0 Å². The van der Waals surface area contributed by atoms with Crippen LogP contribution >= 0.6 is 0 Å². The Morgan fingerprint density at radius 1 is 0.780 bits per heavy atom.